The average molecular weight is 353 g/mol. The molecule has 0 bridgehead atoms. The molecule has 3 aromatic heterocycles. The Morgan fingerprint density at radius 2 is 2.08 bits per heavy atom. The van der Waals surface area contributed by atoms with E-state index in [1.807, 2.05) is 18.4 Å². The largest absolute Gasteiger partial charge is 0.471 e. The zero-order chi connectivity index (χ0) is 18.1. The van der Waals surface area contributed by atoms with Gasteiger partial charge in [-0.05, 0) is 13.8 Å². The first-order valence-corrected chi connectivity index (χ1v) is 8.56. The second-order valence-electron chi connectivity index (χ2n) is 6.18. The van der Waals surface area contributed by atoms with Crippen molar-refractivity contribution in [2.75, 3.05) is 13.1 Å². The Kier molecular flexibility index (Phi) is 4.19. The Morgan fingerprint density at radius 3 is 2.77 bits per heavy atom. The van der Waals surface area contributed by atoms with Gasteiger partial charge in [0.1, 0.15) is 24.1 Å². The Morgan fingerprint density at radius 1 is 1.27 bits per heavy atom. The van der Waals surface area contributed by atoms with E-state index in [1.54, 1.807) is 17.3 Å². The van der Waals surface area contributed by atoms with Crippen LogP contribution in [0.2, 0.25) is 0 Å². The molecule has 1 fully saturated rings. The van der Waals surface area contributed by atoms with Gasteiger partial charge in [-0.1, -0.05) is 0 Å². The normalized spacial score (nSPS) is 17.0. The monoisotopic (exact) mass is 353 g/mol. The fourth-order valence-electron chi connectivity index (χ4n) is 3.13. The number of fused-ring (bicyclic) bond motifs is 1. The molecule has 0 radical (unpaired) electrons. The Balaban J connectivity index is 1.74. The molecule has 0 aromatic carbocycles. The maximum Gasteiger partial charge on any atom is 0.245 e. The highest BCUT2D eigenvalue weighted by atomic mass is 16.5. The van der Waals surface area contributed by atoms with Gasteiger partial charge in [0, 0.05) is 31.9 Å². The molecule has 1 unspecified atom stereocenters. The molecule has 134 valence electrons. The lowest BCUT2D eigenvalue weighted by molar-refractivity contribution is -0.117. The smallest absolute Gasteiger partial charge is 0.245 e. The summed E-state index contributed by atoms with van der Waals surface area (Å²) in [6.45, 7) is 5.81. The highest BCUT2D eigenvalue weighted by Gasteiger charge is 2.25. The van der Waals surface area contributed by atoms with Crippen molar-refractivity contribution in [1.82, 2.24) is 34.4 Å². The van der Waals surface area contributed by atoms with Gasteiger partial charge in [0.2, 0.25) is 12.3 Å². The van der Waals surface area contributed by atoms with Crippen LogP contribution in [-0.2, 0) is 11.3 Å². The van der Waals surface area contributed by atoms with Crippen molar-refractivity contribution in [1.29, 1.82) is 0 Å². The molecule has 26 heavy (non-hydrogen) atoms. The van der Waals surface area contributed by atoms with Crippen LogP contribution in [0.5, 0.6) is 5.88 Å². The standard InChI is InChI=1S/C17H19N7O2/c1-3-24-15(12-6-18-11(2)19-7-12)22-14-16(24)20-9-21-17(14)26-13-4-5-23(8-13)10-25/h6-7,9-10,13H,3-5,8H2,1-2H3. The van der Waals surface area contributed by atoms with Gasteiger partial charge in [-0.15, -0.1) is 0 Å². The minimum absolute atomic E-state index is 0.0868. The van der Waals surface area contributed by atoms with E-state index >= 15 is 0 Å². The number of carbonyl (C=O) groups excluding carboxylic acids is 1. The van der Waals surface area contributed by atoms with Crippen molar-refractivity contribution in [3.05, 3.63) is 24.5 Å². The zero-order valence-corrected chi connectivity index (χ0v) is 14.7. The maximum absolute atomic E-state index is 10.9. The lowest BCUT2D eigenvalue weighted by Gasteiger charge is -2.12. The second-order valence-corrected chi connectivity index (χ2v) is 6.18. The fourth-order valence-corrected chi connectivity index (χ4v) is 3.13. The molecular weight excluding hydrogens is 334 g/mol. The minimum Gasteiger partial charge on any atom is -0.471 e. The van der Waals surface area contributed by atoms with Crippen LogP contribution in [0.3, 0.4) is 0 Å². The first kappa shape index (κ1) is 16.4. The molecule has 0 aliphatic carbocycles. The van der Waals surface area contributed by atoms with Crippen LogP contribution in [0.25, 0.3) is 22.6 Å². The molecule has 9 heteroatoms. The van der Waals surface area contributed by atoms with E-state index in [9.17, 15) is 4.79 Å². The molecule has 0 spiro atoms. The number of aryl methyl sites for hydroxylation is 2. The molecule has 4 heterocycles. The summed E-state index contributed by atoms with van der Waals surface area (Å²) in [7, 11) is 0. The summed E-state index contributed by atoms with van der Waals surface area (Å²) in [6, 6.07) is 0. The number of amides is 1. The average Bonchev–Trinajstić information content (AvgIpc) is 3.27. The predicted molar refractivity (Wildman–Crippen MR) is 93.4 cm³/mol. The molecule has 1 saturated heterocycles. The van der Waals surface area contributed by atoms with E-state index in [4.69, 9.17) is 9.72 Å². The molecule has 0 saturated carbocycles. The van der Waals surface area contributed by atoms with Crippen molar-refractivity contribution in [3.63, 3.8) is 0 Å². The Hall–Kier alpha value is -3.10. The molecule has 1 atom stereocenters. The third kappa shape index (κ3) is 2.85. The SMILES string of the molecule is CCn1c(-c2cnc(C)nc2)nc2c(OC3CCN(C=O)C3)ncnc21. The molecule has 9 nitrogen and oxygen atoms in total. The first-order valence-electron chi connectivity index (χ1n) is 8.56. The number of carbonyl (C=O) groups is 1. The van der Waals surface area contributed by atoms with Crippen molar-refractivity contribution in [3.8, 4) is 17.3 Å². The van der Waals surface area contributed by atoms with E-state index in [-0.39, 0.29) is 6.10 Å². The molecule has 1 aliphatic rings. The van der Waals surface area contributed by atoms with E-state index in [1.165, 1.54) is 6.33 Å². The van der Waals surface area contributed by atoms with Gasteiger partial charge in [-0.25, -0.2) is 19.9 Å². The maximum atomic E-state index is 10.9. The summed E-state index contributed by atoms with van der Waals surface area (Å²) >= 11 is 0. The number of hydrogen-bond acceptors (Lipinski definition) is 7. The number of hydrogen-bond donors (Lipinski definition) is 0. The molecule has 4 rings (SSSR count). The summed E-state index contributed by atoms with van der Waals surface area (Å²) in [6.07, 6.45) is 6.52. The third-order valence-electron chi connectivity index (χ3n) is 4.46. The lowest BCUT2D eigenvalue weighted by atomic mass is 10.3. The Bertz CT molecular complexity index is 938. The molecular formula is C17H19N7O2. The van der Waals surface area contributed by atoms with Crippen LogP contribution in [0.15, 0.2) is 18.7 Å². The van der Waals surface area contributed by atoms with Gasteiger partial charge >= 0.3 is 0 Å². The number of rotatable bonds is 5. The van der Waals surface area contributed by atoms with Crippen molar-refractivity contribution < 1.29 is 9.53 Å². The topological polar surface area (TPSA) is 98.9 Å². The minimum atomic E-state index is -0.0868. The van der Waals surface area contributed by atoms with Gasteiger partial charge in [0.25, 0.3) is 0 Å². The molecule has 1 amide bonds. The van der Waals surface area contributed by atoms with Crippen LogP contribution < -0.4 is 4.74 Å². The summed E-state index contributed by atoms with van der Waals surface area (Å²) < 4.78 is 8.02. The van der Waals surface area contributed by atoms with E-state index < -0.39 is 0 Å². The van der Waals surface area contributed by atoms with Gasteiger partial charge in [-0.2, -0.15) is 4.98 Å². The van der Waals surface area contributed by atoms with E-state index in [0.717, 1.165) is 24.2 Å². The van der Waals surface area contributed by atoms with Crippen LogP contribution in [0.1, 0.15) is 19.2 Å². The van der Waals surface area contributed by atoms with Crippen LogP contribution >= 0.6 is 0 Å². The van der Waals surface area contributed by atoms with Crippen molar-refractivity contribution >= 4 is 17.6 Å². The van der Waals surface area contributed by atoms with Crippen molar-refractivity contribution in [2.45, 2.75) is 32.9 Å². The van der Waals surface area contributed by atoms with Crippen LogP contribution in [0, 0.1) is 6.92 Å². The summed E-state index contributed by atoms with van der Waals surface area (Å²) in [5.74, 6) is 1.88. The third-order valence-corrected chi connectivity index (χ3v) is 4.46. The van der Waals surface area contributed by atoms with E-state index in [2.05, 4.69) is 19.9 Å². The Labute approximate surface area is 150 Å². The van der Waals surface area contributed by atoms with Crippen molar-refractivity contribution in [2.24, 2.45) is 0 Å². The predicted octanol–water partition coefficient (Wildman–Crippen LogP) is 1.22. The summed E-state index contributed by atoms with van der Waals surface area (Å²) in [5, 5.41) is 0. The zero-order valence-electron chi connectivity index (χ0n) is 14.7. The van der Waals surface area contributed by atoms with E-state index in [0.29, 0.717) is 42.5 Å². The summed E-state index contributed by atoms with van der Waals surface area (Å²) in [5.41, 5.74) is 2.13. The van der Waals surface area contributed by atoms with Crippen LogP contribution in [0.4, 0.5) is 0 Å². The van der Waals surface area contributed by atoms with Gasteiger partial charge in [-0.3, -0.25) is 4.79 Å². The molecule has 3 aromatic rings. The van der Waals surface area contributed by atoms with Gasteiger partial charge < -0.3 is 14.2 Å². The highest BCUT2D eigenvalue weighted by molar-refractivity contribution is 5.81. The number of likely N-dealkylation sites (tertiary alicyclic amines) is 1. The van der Waals surface area contributed by atoms with Gasteiger partial charge in [0.05, 0.1) is 12.1 Å². The molecule has 0 N–H and O–H groups in total. The quantitative estimate of drug-likeness (QED) is 0.636. The fraction of sp³-hybridized carbons (Fsp3) is 0.412. The molecule has 1 aliphatic heterocycles. The highest BCUT2D eigenvalue weighted by Crippen LogP contribution is 2.28. The number of ether oxygens (including phenoxy) is 1. The summed E-state index contributed by atoms with van der Waals surface area (Å²) in [4.78, 5) is 34.5. The second kappa shape index (κ2) is 6.66. The lowest BCUT2D eigenvalue weighted by Crippen LogP contribution is -2.23. The van der Waals surface area contributed by atoms with Gasteiger partial charge in [0.15, 0.2) is 11.2 Å². The van der Waals surface area contributed by atoms with Crippen LogP contribution in [-0.4, -0.2) is 60.0 Å². The first-order chi connectivity index (χ1) is 12.7. The number of imidazole rings is 1. The number of aromatic nitrogens is 6. The number of nitrogens with zero attached hydrogens (tertiary/aromatic N) is 7.